The Hall–Kier alpha value is -1.81. The van der Waals surface area contributed by atoms with E-state index in [4.69, 9.17) is 4.74 Å². The molecule has 0 aliphatic carbocycles. The van der Waals surface area contributed by atoms with Crippen molar-refractivity contribution >= 4 is 17.2 Å². The van der Waals surface area contributed by atoms with E-state index in [-0.39, 0.29) is 5.91 Å². The van der Waals surface area contributed by atoms with Crippen LogP contribution >= 0.6 is 11.3 Å². The summed E-state index contributed by atoms with van der Waals surface area (Å²) < 4.78 is 5.16. The van der Waals surface area contributed by atoms with E-state index in [0.717, 1.165) is 23.3 Å². The average molecular weight is 261 g/mol. The first-order valence-electron chi connectivity index (χ1n) is 5.73. The molecular weight excluding hydrogens is 246 g/mol. The number of benzene rings is 1. The lowest BCUT2D eigenvalue weighted by Crippen LogP contribution is -2.25. The van der Waals surface area contributed by atoms with Crippen molar-refractivity contribution in [3.05, 3.63) is 52.2 Å². The predicted octanol–water partition coefficient (Wildman–Crippen LogP) is 2.73. The topological polar surface area (TPSA) is 38.3 Å². The minimum atomic E-state index is -0.0147. The molecule has 0 bridgehead atoms. The van der Waals surface area contributed by atoms with Crippen LogP contribution in [0.3, 0.4) is 0 Å². The summed E-state index contributed by atoms with van der Waals surface area (Å²) in [6.45, 7) is 0.627. The summed E-state index contributed by atoms with van der Waals surface area (Å²) in [5, 5.41) is 6.65. The van der Waals surface area contributed by atoms with Gasteiger partial charge < -0.3 is 10.1 Å². The second-order valence-electron chi connectivity index (χ2n) is 3.87. The fraction of sp³-hybridized carbons (Fsp3) is 0.214. The third-order valence-electron chi connectivity index (χ3n) is 2.62. The van der Waals surface area contributed by atoms with Gasteiger partial charge in [0.25, 0.3) is 5.91 Å². The molecule has 0 spiro atoms. The van der Waals surface area contributed by atoms with E-state index >= 15 is 0 Å². The first-order chi connectivity index (χ1) is 8.79. The minimum Gasteiger partial charge on any atom is -0.497 e. The molecule has 0 aliphatic heterocycles. The monoisotopic (exact) mass is 261 g/mol. The highest BCUT2D eigenvalue weighted by molar-refractivity contribution is 7.08. The Morgan fingerprint density at radius 1 is 1.39 bits per heavy atom. The molecule has 0 saturated carbocycles. The summed E-state index contributed by atoms with van der Waals surface area (Å²) in [6, 6.07) is 9.70. The van der Waals surface area contributed by atoms with Gasteiger partial charge in [-0.15, -0.1) is 0 Å². The Morgan fingerprint density at radius 3 is 3.00 bits per heavy atom. The largest absolute Gasteiger partial charge is 0.497 e. The molecule has 2 rings (SSSR count). The lowest BCUT2D eigenvalue weighted by Gasteiger charge is -2.05. The van der Waals surface area contributed by atoms with E-state index in [0.29, 0.717) is 6.54 Å². The molecule has 0 unspecified atom stereocenters. The number of nitrogens with one attached hydrogen (secondary N) is 1. The van der Waals surface area contributed by atoms with Crippen molar-refractivity contribution in [3.8, 4) is 5.75 Å². The molecule has 18 heavy (non-hydrogen) atoms. The van der Waals surface area contributed by atoms with Crippen LogP contribution < -0.4 is 10.1 Å². The van der Waals surface area contributed by atoms with Crippen molar-refractivity contribution in [1.29, 1.82) is 0 Å². The number of carbonyl (C=O) groups excluding carboxylic acids is 1. The van der Waals surface area contributed by atoms with Crippen LogP contribution in [0.4, 0.5) is 0 Å². The maximum Gasteiger partial charge on any atom is 0.252 e. The standard InChI is InChI=1S/C14H15NO2S/c1-17-13-4-2-3-11(9-13)5-7-15-14(16)12-6-8-18-10-12/h2-4,6,8-10H,5,7H2,1H3,(H,15,16). The molecule has 1 aromatic heterocycles. The number of hydrogen-bond donors (Lipinski definition) is 1. The number of carbonyl (C=O) groups is 1. The van der Waals surface area contributed by atoms with Crippen molar-refractivity contribution in [2.24, 2.45) is 0 Å². The van der Waals surface area contributed by atoms with Gasteiger partial charge in [-0.25, -0.2) is 0 Å². The Kier molecular flexibility index (Phi) is 4.36. The second-order valence-corrected chi connectivity index (χ2v) is 4.65. The zero-order valence-electron chi connectivity index (χ0n) is 10.2. The third kappa shape index (κ3) is 3.34. The first-order valence-corrected chi connectivity index (χ1v) is 6.67. The van der Waals surface area contributed by atoms with Gasteiger partial charge in [-0.2, -0.15) is 11.3 Å². The fourth-order valence-electron chi connectivity index (χ4n) is 1.64. The van der Waals surface area contributed by atoms with Gasteiger partial charge in [0, 0.05) is 17.5 Å². The molecule has 3 nitrogen and oxygen atoms in total. The number of amides is 1. The summed E-state index contributed by atoms with van der Waals surface area (Å²) in [4.78, 5) is 11.7. The third-order valence-corrected chi connectivity index (χ3v) is 3.30. The Bertz CT molecular complexity index is 508. The molecule has 0 fully saturated rings. The molecular formula is C14H15NO2S. The predicted molar refractivity (Wildman–Crippen MR) is 73.4 cm³/mol. The highest BCUT2D eigenvalue weighted by Gasteiger charge is 2.04. The highest BCUT2D eigenvalue weighted by atomic mass is 32.1. The smallest absolute Gasteiger partial charge is 0.252 e. The molecule has 0 radical (unpaired) electrons. The number of ether oxygens (including phenoxy) is 1. The Balaban J connectivity index is 1.83. The summed E-state index contributed by atoms with van der Waals surface area (Å²) in [5.74, 6) is 0.829. The minimum absolute atomic E-state index is 0.0147. The quantitative estimate of drug-likeness (QED) is 0.898. The lowest BCUT2D eigenvalue weighted by atomic mass is 10.1. The Morgan fingerprint density at radius 2 is 2.28 bits per heavy atom. The van der Waals surface area contributed by atoms with E-state index in [9.17, 15) is 4.79 Å². The molecule has 94 valence electrons. The summed E-state index contributed by atoms with van der Waals surface area (Å²) in [7, 11) is 1.65. The van der Waals surface area contributed by atoms with E-state index in [1.54, 1.807) is 7.11 Å². The molecule has 0 atom stereocenters. The van der Waals surface area contributed by atoms with Gasteiger partial charge in [-0.3, -0.25) is 4.79 Å². The zero-order chi connectivity index (χ0) is 12.8. The van der Waals surface area contributed by atoms with Crippen molar-refractivity contribution in [2.75, 3.05) is 13.7 Å². The summed E-state index contributed by atoms with van der Waals surface area (Å²) in [5.41, 5.74) is 1.88. The van der Waals surface area contributed by atoms with Crippen LogP contribution in [0.5, 0.6) is 5.75 Å². The van der Waals surface area contributed by atoms with Gasteiger partial charge in [0.15, 0.2) is 0 Å². The normalized spacial score (nSPS) is 10.1. The summed E-state index contributed by atoms with van der Waals surface area (Å²) in [6.07, 6.45) is 0.799. The summed E-state index contributed by atoms with van der Waals surface area (Å²) >= 11 is 1.53. The molecule has 0 aliphatic rings. The van der Waals surface area contributed by atoms with Gasteiger partial charge in [0.05, 0.1) is 7.11 Å². The SMILES string of the molecule is COc1cccc(CCNC(=O)c2ccsc2)c1. The number of rotatable bonds is 5. The Labute approximate surface area is 110 Å². The van der Waals surface area contributed by atoms with Crippen LogP contribution in [0.25, 0.3) is 0 Å². The van der Waals surface area contributed by atoms with Gasteiger partial charge in [-0.1, -0.05) is 12.1 Å². The van der Waals surface area contributed by atoms with Gasteiger partial charge in [0.1, 0.15) is 5.75 Å². The molecule has 4 heteroatoms. The van der Waals surface area contributed by atoms with E-state index in [1.807, 2.05) is 41.1 Å². The van der Waals surface area contributed by atoms with Crippen LogP contribution in [-0.2, 0) is 6.42 Å². The maximum absolute atomic E-state index is 11.7. The lowest BCUT2D eigenvalue weighted by molar-refractivity contribution is 0.0954. The molecule has 1 amide bonds. The highest BCUT2D eigenvalue weighted by Crippen LogP contribution is 2.12. The van der Waals surface area contributed by atoms with Crippen LogP contribution in [0, 0.1) is 0 Å². The van der Waals surface area contributed by atoms with Crippen LogP contribution in [0.15, 0.2) is 41.1 Å². The van der Waals surface area contributed by atoms with Crippen LogP contribution in [0.1, 0.15) is 15.9 Å². The van der Waals surface area contributed by atoms with Crippen molar-refractivity contribution in [2.45, 2.75) is 6.42 Å². The van der Waals surface area contributed by atoms with Crippen molar-refractivity contribution < 1.29 is 9.53 Å². The van der Waals surface area contributed by atoms with Crippen LogP contribution in [-0.4, -0.2) is 19.6 Å². The molecule has 1 aromatic carbocycles. The van der Waals surface area contributed by atoms with Gasteiger partial charge in [-0.05, 0) is 35.6 Å². The van der Waals surface area contributed by atoms with E-state index < -0.39 is 0 Å². The molecule has 1 N–H and O–H groups in total. The molecule has 0 saturated heterocycles. The molecule has 1 heterocycles. The van der Waals surface area contributed by atoms with Gasteiger partial charge >= 0.3 is 0 Å². The fourth-order valence-corrected chi connectivity index (χ4v) is 2.28. The number of methoxy groups -OCH3 is 1. The average Bonchev–Trinajstić information content (AvgIpc) is 2.93. The van der Waals surface area contributed by atoms with E-state index in [1.165, 1.54) is 11.3 Å². The first kappa shape index (κ1) is 12.6. The second kappa shape index (κ2) is 6.21. The molecule has 2 aromatic rings. The van der Waals surface area contributed by atoms with Crippen molar-refractivity contribution in [1.82, 2.24) is 5.32 Å². The maximum atomic E-state index is 11.7. The number of thiophene rings is 1. The van der Waals surface area contributed by atoms with Crippen molar-refractivity contribution in [3.63, 3.8) is 0 Å². The van der Waals surface area contributed by atoms with Crippen LogP contribution in [0.2, 0.25) is 0 Å². The van der Waals surface area contributed by atoms with E-state index in [2.05, 4.69) is 5.32 Å². The zero-order valence-corrected chi connectivity index (χ0v) is 11.0. The van der Waals surface area contributed by atoms with Gasteiger partial charge in [0.2, 0.25) is 0 Å². The number of hydrogen-bond acceptors (Lipinski definition) is 3.